The van der Waals surface area contributed by atoms with Gasteiger partial charge in [-0.1, -0.05) is 17.7 Å². The third-order valence-corrected chi connectivity index (χ3v) is 3.40. The van der Waals surface area contributed by atoms with Crippen LogP contribution < -0.4 is 5.32 Å². The summed E-state index contributed by atoms with van der Waals surface area (Å²) in [7, 11) is 0. The van der Waals surface area contributed by atoms with Gasteiger partial charge in [0.25, 0.3) is 0 Å². The van der Waals surface area contributed by atoms with Gasteiger partial charge in [-0.05, 0) is 12.1 Å². The molecule has 1 aromatic rings. The fourth-order valence-corrected chi connectivity index (χ4v) is 2.47. The second-order valence-corrected chi connectivity index (χ2v) is 4.50. The van der Waals surface area contributed by atoms with Gasteiger partial charge in [0.05, 0.1) is 6.04 Å². The zero-order valence-corrected chi connectivity index (χ0v) is 11.4. The summed E-state index contributed by atoms with van der Waals surface area (Å²) < 4.78 is 26.9. The van der Waals surface area contributed by atoms with E-state index < -0.39 is 18.5 Å². The molecule has 0 radical (unpaired) electrons. The normalized spacial score (nSPS) is 18.2. The van der Waals surface area contributed by atoms with Crippen molar-refractivity contribution in [3.8, 4) is 0 Å². The molecule has 0 aliphatic carbocycles. The molecule has 0 bridgehead atoms. The Morgan fingerprint density at radius 3 is 2.56 bits per heavy atom. The van der Waals surface area contributed by atoms with Crippen molar-refractivity contribution in [1.29, 1.82) is 0 Å². The molecule has 0 unspecified atom stereocenters. The molecule has 0 amide bonds. The maximum atomic E-state index is 13.7. The molecule has 1 N–H and O–H groups in total. The summed E-state index contributed by atoms with van der Waals surface area (Å²) in [6, 6.07) is 3.89. The van der Waals surface area contributed by atoms with E-state index in [1.165, 1.54) is 12.1 Å². The predicted molar refractivity (Wildman–Crippen MR) is 71.8 cm³/mol. The Kier molecular flexibility index (Phi) is 6.29. The predicted octanol–water partition coefficient (Wildman–Crippen LogP) is 2.82. The number of hydrogen-bond acceptors (Lipinski definition) is 2. The first-order valence-electron chi connectivity index (χ1n) is 5.68. The summed E-state index contributed by atoms with van der Waals surface area (Å²) in [5.74, 6) is -0.432. The Labute approximate surface area is 117 Å². The van der Waals surface area contributed by atoms with Crippen LogP contribution in [0.1, 0.15) is 11.6 Å². The van der Waals surface area contributed by atoms with Crippen LogP contribution in [0, 0.1) is 5.82 Å². The summed E-state index contributed by atoms with van der Waals surface area (Å²) in [6.07, 6.45) is 0. The van der Waals surface area contributed by atoms with Gasteiger partial charge in [-0.2, -0.15) is 0 Å². The van der Waals surface area contributed by atoms with Gasteiger partial charge in [-0.3, -0.25) is 4.90 Å². The largest absolute Gasteiger partial charge is 0.314 e. The molecular formula is C12H16Cl2F2N2. The number of benzene rings is 1. The van der Waals surface area contributed by atoms with Crippen LogP contribution in [0.2, 0.25) is 5.02 Å². The Morgan fingerprint density at radius 2 is 2.00 bits per heavy atom. The Hall–Kier alpha value is -0.420. The zero-order chi connectivity index (χ0) is 12.3. The van der Waals surface area contributed by atoms with Gasteiger partial charge in [-0.15, -0.1) is 12.4 Å². The molecule has 1 saturated heterocycles. The highest BCUT2D eigenvalue weighted by Crippen LogP contribution is 2.30. The van der Waals surface area contributed by atoms with Crippen LogP contribution in [-0.4, -0.2) is 37.8 Å². The quantitative estimate of drug-likeness (QED) is 0.923. The van der Waals surface area contributed by atoms with E-state index in [2.05, 4.69) is 5.32 Å². The van der Waals surface area contributed by atoms with Crippen molar-refractivity contribution in [2.45, 2.75) is 6.04 Å². The lowest BCUT2D eigenvalue weighted by Crippen LogP contribution is -2.46. The molecular weight excluding hydrogens is 281 g/mol. The maximum absolute atomic E-state index is 13.7. The smallest absolute Gasteiger partial charge is 0.129 e. The van der Waals surface area contributed by atoms with Crippen LogP contribution in [0.25, 0.3) is 0 Å². The van der Waals surface area contributed by atoms with E-state index in [9.17, 15) is 8.78 Å². The minimum atomic E-state index is -0.624. The van der Waals surface area contributed by atoms with E-state index in [0.29, 0.717) is 18.1 Å². The fourth-order valence-electron chi connectivity index (χ4n) is 2.18. The summed E-state index contributed by atoms with van der Waals surface area (Å²) in [5.41, 5.74) is 0.276. The lowest BCUT2D eigenvalue weighted by Gasteiger charge is -2.34. The molecule has 2 nitrogen and oxygen atoms in total. The second-order valence-electron chi connectivity index (χ2n) is 4.09. The second kappa shape index (κ2) is 7.24. The molecule has 6 heteroatoms. The SMILES string of the molecule is Cl.FC[C@@H](c1c(F)cccc1Cl)N1CCNCC1. The first-order valence-corrected chi connectivity index (χ1v) is 6.06. The highest BCUT2D eigenvalue weighted by atomic mass is 35.5. The van der Waals surface area contributed by atoms with E-state index in [1.807, 2.05) is 4.90 Å². The average Bonchev–Trinajstić information content (AvgIpc) is 2.35. The van der Waals surface area contributed by atoms with Crippen molar-refractivity contribution in [1.82, 2.24) is 10.2 Å². The summed E-state index contributed by atoms with van der Waals surface area (Å²) >= 11 is 5.97. The molecule has 1 aliphatic rings. The van der Waals surface area contributed by atoms with Crippen molar-refractivity contribution in [3.05, 3.63) is 34.6 Å². The molecule has 18 heavy (non-hydrogen) atoms. The van der Waals surface area contributed by atoms with Crippen LogP contribution in [0.15, 0.2) is 18.2 Å². The minimum absolute atomic E-state index is 0. The number of rotatable bonds is 3. The van der Waals surface area contributed by atoms with Crippen LogP contribution in [-0.2, 0) is 0 Å². The number of piperazine rings is 1. The number of nitrogens with one attached hydrogen (secondary N) is 1. The monoisotopic (exact) mass is 296 g/mol. The van der Waals surface area contributed by atoms with Crippen molar-refractivity contribution in [3.63, 3.8) is 0 Å². The maximum Gasteiger partial charge on any atom is 0.129 e. The van der Waals surface area contributed by atoms with E-state index >= 15 is 0 Å². The molecule has 1 fully saturated rings. The van der Waals surface area contributed by atoms with Crippen LogP contribution in [0.5, 0.6) is 0 Å². The van der Waals surface area contributed by atoms with E-state index in [1.54, 1.807) is 6.07 Å². The Morgan fingerprint density at radius 1 is 1.33 bits per heavy atom. The molecule has 102 valence electrons. The number of alkyl halides is 1. The summed E-state index contributed by atoms with van der Waals surface area (Å²) in [6.45, 7) is 2.38. The molecule has 1 heterocycles. The van der Waals surface area contributed by atoms with Crippen LogP contribution in [0.4, 0.5) is 8.78 Å². The standard InChI is InChI=1S/C12H15ClF2N2.ClH/c13-9-2-1-3-10(15)12(9)11(8-14)17-6-4-16-5-7-17;/h1-3,11,16H,4-8H2;1H/t11-;/m0./s1. The van der Waals surface area contributed by atoms with Crippen molar-refractivity contribution >= 4 is 24.0 Å². The van der Waals surface area contributed by atoms with Crippen molar-refractivity contribution in [2.75, 3.05) is 32.9 Å². The lowest BCUT2D eigenvalue weighted by molar-refractivity contribution is 0.144. The molecule has 0 spiro atoms. The van der Waals surface area contributed by atoms with Gasteiger partial charge in [0.2, 0.25) is 0 Å². The zero-order valence-electron chi connectivity index (χ0n) is 9.83. The number of halogens is 4. The molecule has 1 aliphatic heterocycles. The first kappa shape index (κ1) is 15.6. The first-order chi connectivity index (χ1) is 8.24. The van der Waals surface area contributed by atoms with Crippen molar-refractivity contribution in [2.24, 2.45) is 0 Å². The summed E-state index contributed by atoms with van der Waals surface area (Å²) in [5, 5.41) is 3.48. The molecule has 0 aromatic heterocycles. The number of nitrogens with zero attached hydrogens (tertiary/aromatic N) is 1. The van der Waals surface area contributed by atoms with Gasteiger partial charge in [0, 0.05) is 36.8 Å². The highest BCUT2D eigenvalue weighted by Gasteiger charge is 2.26. The molecule has 1 atom stereocenters. The third kappa shape index (κ3) is 3.32. The number of hydrogen-bond donors (Lipinski definition) is 1. The fraction of sp³-hybridized carbons (Fsp3) is 0.500. The third-order valence-electron chi connectivity index (χ3n) is 3.07. The van der Waals surface area contributed by atoms with Gasteiger partial charge in [0.15, 0.2) is 0 Å². The van der Waals surface area contributed by atoms with Gasteiger partial charge in [0.1, 0.15) is 12.5 Å². The van der Waals surface area contributed by atoms with Crippen molar-refractivity contribution < 1.29 is 8.78 Å². The molecule has 2 rings (SSSR count). The molecule has 0 saturated carbocycles. The lowest BCUT2D eigenvalue weighted by atomic mass is 10.0. The van der Waals surface area contributed by atoms with Crippen LogP contribution >= 0.6 is 24.0 Å². The van der Waals surface area contributed by atoms with Gasteiger partial charge >= 0.3 is 0 Å². The van der Waals surface area contributed by atoms with Gasteiger partial charge < -0.3 is 5.32 Å². The van der Waals surface area contributed by atoms with E-state index in [4.69, 9.17) is 11.6 Å². The molecule has 1 aromatic carbocycles. The van der Waals surface area contributed by atoms with E-state index in [-0.39, 0.29) is 18.0 Å². The van der Waals surface area contributed by atoms with Gasteiger partial charge in [-0.25, -0.2) is 8.78 Å². The topological polar surface area (TPSA) is 15.3 Å². The minimum Gasteiger partial charge on any atom is -0.314 e. The summed E-state index contributed by atoms with van der Waals surface area (Å²) in [4.78, 5) is 1.93. The van der Waals surface area contributed by atoms with E-state index in [0.717, 1.165) is 13.1 Å². The highest BCUT2D eigenvalue weighted by molar-refractivity contribution is 6.31. The average molecular weight is 297 g/mol. The Bertz CT molecular complexity index is 364. The van der Waals surface area contributed by atoms with Crippen LogP contribution in [0.3, 0.4) is 0 Å². The Balaban J connectivity index is 0.00000162.